The van der Waals surface area contributed by atoms with Gasteiger partial charge in [-0.15, -0.1) is 0 Å². The Labute approximate surface area is 120 Å². The molecule has 0 heterocycles. The van der Waals surface area contributed by atoms with E-state index in [-0.39, 0.29) is 5.56 Å². The summed E-state index contributed by atoms with van der Waals surface area (Å²) in [5.41, 5.74) is -0.861. The molecule has 0 bridgehead atoms. The van der Waals surface area contributed by atoms with Crippen LogP contribution in [0.25, 0.3) is 0 Å². The molecule has 0 radical (unpaired) electrons. The summed E-state index contributed by atoms with van der Waals surface area (Å²) in [5.74, 6) is -0.633. The van der Waals surface area contributed by atoms with Gasteiger partial charge in [0.05, 0.1) is 15.5 Å². The quantitative estimate of drug-likeness (QED) is 0.654. The largest absolute Gasteiger partial charge is 0.342 e. The number of nitro groups is 1. The molecule has 110 valence electrons. The zero-order chi connectivity index (χ0) is 15.7. The number of amides is 1. The second-order valence-corrected chi connectivity index (χ2v) is 5.83. The summed E-state index contributed by atoms with van der Waals surface area (Å²) in [6.07, 6.45) is 0. The highest BCUT2D eigenvalue weighted by atomic mass is 35.5. The van der Waals surface area contributed by atoms with Crippen molar-refractivity contribution in [2.45, 2.75) is 11.8 Å². The van der Waals surface area contributed by atoms with E-state index >= 15 is 0 Å². The Kier molecular flexibility index (Phi) is 4.69. The zero-order valence-corrected chi connectivity index (χ0v) is 12.2. The van der Waals surface area contributed by atoms with Crippen LogP contribution in [-0.4, -0.2) is 37.7 Å². The van der Waals surface area contributed by atoms with Crippen molar-refractivity contribution in [3.63, 3.8) is 0 Å². The van der Waals surface area contributed by atoms with E-state index in [0.29, 0.717) is 6.54 Å². The predicted molar refractivity (Wildman–Crippen MR) is 72.1 cm³/mol. The lowest BCUT2D eigenvalue weighted by Gasteiger charge is -2.16. The molecule has 0 aliphatic rings. The molecule has 1 rings (SSSR count). The van der Waals surface area contributed by atoms with E-state index in [9.17, 15) is 23.3 Å². The molecule has 0 aliphatic carbocycles. The fourth-order valence-corrected chi connectivity index (χ4v) is 2.56. The third-order valence-corrected chi connectivity index (χ3v) is 4.05. The number of benzene rings is 1. The van der Waals surface area contributed by atoms with Crippen molar-refractivity contribution in [3.05, 3.63) is 32.8 Å². The molecular formula is C10H12ClN3O5S. The highest BCUT2D eigenvalue weighted by molar-refractivity contribution is 7.89. The van der Waals surface area contributed by atoms with Crippen LogP contribution in [0.15, 0.2) is 17.0 Å². The maximum absolute atomic E-state index is 12.0. The van der Waals surface area contributed by atoms with Gasteiger partial charge in [0.1, 0.15) is 4.90 Å². The molecule has 20 heavy (non-hydrogen) atoms. The van der Waals surface area contributed by atoms with E-state index in [4.69, 9.17) is 16.7 Å². The molecule has 8 nitrogen and oxygen atoms in total. The van der Waals surface area contributed by atoms with E-state index in [1.54, 1.807) is 6.92 Å². The van der Waals surface area contributed by atoms with Gasteiger partial charge in [-0.05, 0) is 6.92 Å². The Morgan fingerprint density at radius 2 is 2.05 bits per heavy atom. The van der Waals surface area contributed by atoms with Crippen molar-refractivity contribution >= 4 is 33.2 Å². The van der Waals surface area contributed by atoms with Crippen molar-refractivity contribution in [1.82, 2.24) is 4.90 Å². The number of carbonyl (C=O) groups is 1. The van der Waals surface area contributed by atoms with Gasteiger partial charge >= 0.3 is 0 Å². The molecule has 0 aromatic heterocycles. The van der Waals surface area contributed by atoms with Crippen LogP contribution in [-0.2, 0) is 10.0 Å². The molecule has 0 atom stereocenters. The highest BCUT2D eigenvalue weighted by Crippen LogP contribution is 2.30. The second kappa shape index (κ2) is 5.73. The standard InChI is InChI=1S/C10H12ClN3O5S/c1-3-13(2)10(15)7-4-6(14(16)17)5-8(9(7)11)20(12,18)19/h4-5H,3H2,1-2H3,(H2,12,18,19). The number of rotatable bonds is 4. The van der Waals surface area contributed by atoms with Crippen LogP contribution in [0.2, 0.25) is 5.02 Å². The maximum atomic E-state index is 12.0. The lowest BCUT2D eigenvalue weighted by Crippen LogP contribution is -2.27. The lowest BCUT2D eigenvalue weighted by molar-refractivity contribution is -0.385. The summed E-state index contributed by atoms with van der Waals surface area (Å²) in [6.45, 7) is 2.01. The molecule has 1 aromatic carbocycles. The molecule has 0 unspecified atom stereocenters. The van der Waals surface area contributed by atoms with Gasteiger partial charge in [0, 0.05) is 25.7 Å². The fourth-order valence-electron chi connectivity index (χ4n) is 1.40. The second-order valence-electron chi connectivity index (χ2n) is 3.93. The number of nitro benzene ring substituents is 1. The summed E-state index contributed by atoms with van der Waals surface area (Å²) >= 11 is 5.84. The Balaban J connectivity index is 3.64. The molecule has 0 spiro atoms. The Morgan fingerprint density at radius 1 is 1.50 bits per heavy atom. The van der Waals surface area contributed by atoms with Gasteiger partial charge in [0.2, 0.25) is 10.0 Å². The van der Waals surface area contributed by atoms with Crippen molar-refractivity contribution in [3.8, 4) is 0 Å². The van der Waals surface area contributed by atoms with Crippen LogP contribution >= 0.6 is 11.6 Å². The number of sulfonamides is 1. The average Bonchev–Trinajstić information content (AvgIpc) is 2.35. The van der Waals surface area contributed by atoms with E-state index in [2.05, 4.69) is 0 Å². The van der Waals surface area contributed by atoms with E-state index < -0.39 is 36.5 Å². The number of nitrogens with two attached hydrogens (primary N) is 1. The number of hydrogen-bond acceptors (Lipinski definition) is 5. The monoisotopic (exact) mass is 321 g/mol. The first-order valence-corrected chi connectivity index (χ1v) is 7.28. The predicted octanol–water partition coefficient (Wildman–Crippen LogP) is 0.988. The first-order chi connectivity index (χ1) is 9.09. The molecule has 1 amide bonds. The number of primary sulfonamides is 1. The summed E-state index contributed by atoms with van der Waals surface area (Å²) in [7, 11) is -2.83. The summed E-state index contributed by atoms with van der Waals surface area (Å²) in [5, 5.41) is 15.3. The van der Waals surface area contributed by atoms with Crippen molar-refractivity contribution in [2.75, 3.05) is 13.6 Å². The summed E-state index contributed by atoms with van der Waals surface area (Å²) in [4.78, 5) is 22.6. The van der Waals surface area contributed by atoms with Gasteiger partial charge < -0.3 is 4.90 Å². The minimum absolute atomic E-state index is 0.283. The fraction of sp³-hybridized carbons (Fsp3) is 0.300. The first-order valence-electron chi connectivity index (χ1n) is 5.35. The molecule has 0 aliphatic heterocycles. The van der Waals surface area contributed by atoms with Crippen LogP contribution in [0.4, 0.5) is 5.69 Å². The van der Waals surface area contributed by atoms with Crippen LogP contribution in [0, 0.1) is 10.1 Å². The van der Waals surface area contributed by atoms with Crippen LogP contribution in [0.5, 0.6) is 0 Å². The third-order valence-electron chi connectivity index (χ3n) is 2.59. The molecule has 0 fully saturated rings. The maximum Gasteiger partial charge on any atom is 0.271 e. The van der Waals surface area contributed by atoms with Crippen molar-refractivity contribution in [1.29, 1.82) is 0 Å². The number of halogens is 1. The van der Waals surface area contributed by atoms with Gasteiger partial charge in [-0.1, -0.05) is 11.6 Å². The van der Waals surface area contributed by atoms with Gasteiger partial charge in [-0.2, -0.15) is 0 Å². The summed E-state index contributed by atoms with van der Waals surface area (Å²) < 4.78 is 22.8. The van der Waals surface area contributed by atoms with E-state index in [0.717, 1.165) is 12.1 Å². The number of hydrogen-bond donors (Lipinski definition) is 1. The Hall–Kier alpha value is -1.71. The van der Waals surface area contributed by atoms with E-state index in [1.165, 1.54) is 11.9 Å². The Morgan fingerprint density at radius 3 is 2.45 bits per heavy atom. The molecule has 0 saturated heterocycles. The van der Waals surface area contributed by atoms with Crippen LogP contribution in [0.1, 0.15) is 17.3 Å². The number of carbonyl (C=O) groups excluding carboxylic acids is 1. The average molecular weight is 322 g/mol. The normalized spacial score (nSPS) is 11.2. The van der Waals surface area contributed by atoms with Crippen LogP contribution in [0.3, 0.4) is 0 Å². The topological polar surface area (TPSA) is 124 Å². The minimum Gasteiger partial charge on any atom is -0.342 e. The SMILES string of the molecule is CCN(C)C(=O)c1cc([N+](=O)[O-])cc(S(N)(=O)=O)c1Cl. The van der Waals surface area contributed by atoms with Crippen LogP contribution < -0.4 is 5.14 Å². The highest BCUT2D eigenvalue weighted by Gasteiger charge is 2.26. The van der Waals surface area contributed by atoms with Gasteiger partial charge in [-0.25, -0.2) is 13.6 Å². The molecule has 2 N–H and O–H groups in total. The van der Waals surface area contributed by atoms with Gasteiger partial charge in [0.15, 0.2) is 0 Å². The Bertz CT molecular complexity index is 674. The first kappa shape index (κ1) is 16.3. The number of nitrogens with zero attached hydrogens (tertiary/aromatic N) is 2. The summed E-state index contributed by atoms with van der Waals surface area (Å²) in [6, 6.07) is 1.64. The minimum atomic E-state index is -4.29. The van der Waals surface area contributed by atoms with Crippen molar-refractivity contribution in [2.24, 2.45) is 5.14 Å². The third kappa shape index (κ3) is 3.24. The molecule has 10 heteroatoms. The molecular weight excluding hydrogens is 310 g/mol. The van der Waals surface area contributed by atoms with E-state index in [1.807, 2.05) is 0 Å². The van der Waals surface area contributed by atoms with Crippen molar-refractivity contribution < 1.29 is 18.1 Å². The zero-order valence-electron chi connectivity index (χ0n) is 10.7. The molecule has 1 aromatic rings. The van der Waals surface area contributed by atoms with Gasteiger partial charge in [-0.3, -0.25) is 14.9 Å². The number of non-ortho nitro benzene ring substituents is 1. The van der Waals surface area contributed by atoms with Gasteiger partial charge in [0.25, 0.3) is 11.6 Å². The smallest absolute Gasteiger partial charge is 0.271 e. The molecule has 0 saturated carbocycles. The lowest BCUT2D eigenvalue weighted by atomic mass is 10.1.